The van der Waals surface area contributed by atoms with E-state index in [1.165, 1.54) is 0 Å². The number of amides is 2. The van der Waals surface area contributed by atoms with E-state index < -0.39 is 11.4 Å². The van der Waals surface area contributed by atoms with Gasteiger partial charge in [0.25, 0.3) is 5.91 Å². The van der Waals surface area contributed by atoms with Crippen molar-refractivity contribution in [2.24, 2.45) is 11.3 Å². The van der Waals surface area contributed by atoms with Crippen LogP contribution in [0.25, 0.3) is 0 Å². The molecule has 1 aromatic rings. The quantitative estimate of drug-likeness (QED) is 0.676. The van der Waals surface area contributed by atoms with Gasteiger partial charge in [0.15, 0.2) is 0 Å². The lowest BCUT2D eigenvalue weighted by molar-refractivity contribution is -0.145. The van der Waals surface area contributed by atoms with E-state index in [2.05, 4.69) is 10.6 Å². The molecule has 0 radical (unpaired) electrons. The molecule has 0 aliphatic heterocycles. The van der Waals surface area contributed by atoms with Crippen LogP contribution in [0.5, 0.6) is 0 Å². The Balaban J connectivity index is 2.12. The van der Waals surface area contributed by atoms with Crippen molar-refractivity contribution in [2.75, 3.05) is 5.32 Å². The van der Waals surface area contributed by atoms with E-state index in [1.807, 2.05) is 13.8 Å². The smallest absolute Gasteiger partial charge is 0.304 e. The molecule has 0 aromatic heterocycles. The van der Waals surface area contributed by atoms with Crippen LogP contribution in [0.15, 0.2) is 24.3 Å². The second-order valence-electron chi connectivity index (χ2n) is 7.98. The number of carbonyl (C=O) groups is 3. The molecule has 0 heterocycles. The van der Waals surface area contributed by atoms with Gasteiger partial charge in [0.2, 0.25) is 5.91 Å². The molecule has 6 heteroatoms. The number of carboxylic acids is 1. The van der Waals surface area contributed by atoms with Crippen LogP contribution in [0.1, 0.15) is 69.7 Å². The number of aliphatic carboxylic acids is 1. The molecule has 0 saturated heterocycles. The summed E-state index contributed by atoms with van der Waals surface area (Å²) in [4.78, 5) is 36.4. The van der Waals surface area contributed by atoms with Crippen LogP contribution in [-0.4, -0.2) is 28.9 Å². The van der Waals surface area contributed by atoms with Crippen LogP contribution in [0.3, 0.4) is 0 Å². The summed E-state index contributed by atoms with van der Waals surface area (Å²) >= 11 is 0. The minimum Gasteiger partial charge on any atom is -0.481 e. The molecule has 2 amide bonds. The molecule has 3 N–H and O–H groups in total. The van der Waals surface area contributed by atoms with Gasteiger partial charge in [-0.05, 0) is 63.8 Å². The minimum absolute atomic E-state index is 0.0455. The molecular formula is C21H30N2O4. The molecule has 1 unspecified atom stereocenters. The molecular weight excluding hydrogens is 344 g/mol. The van der Waals surface area contributed by atoms with E-state index >= 15 is 0 Å². The van der Waals surface area contributed by atoms with Gasteiger partial charge in [-0.15, -0.1) is 0 Å². The number of hydrogen-bond donors (Lipinski definition) is 3. The maximum atomic E-state index is 13.0. The lowest BCUT2D eigenvalue weighted by atomic mass is 9.67. The summed E-state index contributed by atoms with van der Waals surface area (Å²) in [6, 6.07) is 6.71. The van der Waals surface area contributed by atoms with Gasteiger partial charge in [0.1, 0.15) is 0 Å². The largest absolute Gasteiger partial charge is 0.481 e. The van der Waals surface area contributed by atoms with Crippen molar-refractivity contribution in [3.05, 3.63) is 29.8 Å². The van der Waals surface area contributed by atoms with Gasteiger partial charge in [0.05, 0.1) is 11.8 Å². The Morgan fingerprint density at radius 3 is 2.22 bits per heavy atom. The fraction of sp³-hybridized carbons (Fsp3) is 0.571. The van der Waals surface area contributed by atoms with Gasteiger partial charge < -0.3 is 15.7 Å². The zero-order chi connectivity index (χ0) is 20.0. The van der Waals surface area contributed by atoms with Gasteiger partial charge in [0, 0.05) is 17.3 Å². The average molecular weight is 374 g/mol. The second-order valence-corrected chi connectivity index (χ2v) is 7.98. The summed E-state index contributed by atoms with van der Waals surface area (Å²) in [5.41, 5.74) is 0.135. The number of hydrogen-bond acceptors (Lipinski definition) is 3. The average Bonchev–Trinajstić information content (AvgIpc) is 2.61. The van der Waals surface area contributed by atoms with E-state index in [1.54, 1.807) is 31.2 Å². The van der Waals surface area contributed by atoms with Crippen molar-refractivity contribution in [3.8, 4) is 0 Å². The molecule has 27 heavy (non-hydrogen) atoms. The van der Waals surface area contributed by atoms with Gasteiger partial charge in [-0.25, -0.2) is 0 Å². The standard InChI is InChI=1S/C21H30N2O4/c1-14(2)22-19(26)15-9-11-17(12-10-15)23-20(27)21(3,13-18(24)25)16-7-5-4-6-8-16/h9-12,14,16H,4-8,13H2,1-3H3,(H,22,26)(H,23,27)(H,24,25). The third-order valence-corrected chi connectivity index (χ3v) is 5.37. The predicted octanol–water partition coefficient (Wildman–Crippen LogP) is 3.82. The molecule has 1 aliphatic carbocycles. The highest BCUT2D eigenvalue weighted by atomic mass is 16.4. The summed E-state index contributed by atoms with van der Waals surface area (Å²) in [5.74, 6) is -1.32. The zero-order valence-electron chi connectivity index (χ0n) is 16.4. The van der Waals surface area contributed by atoms with Crippen LogP contribution in [-0.2, 0) is 9.59 Å². The maximum absolute atomic E-state index is 13.0. The first-order chi connectivity index (χ1) is 12.7. The third-order valence-electron chi connectivity index (χ3n) is 5.37. The molecule has 1 aromatic carbocycles. The van der Waals surface area contributed by atoms with E-state index in [0.29, 0.717) is 11.3 Å². The Labute approximate surface area is 160 Å². The van der Waals surface area contributed by atoms with Crippen LogP contribution in [0.4, 0.5) is 5.69 Å². The number of carboxylic acid groups (broad SMARTS) is 1. The Hall–Kier alpha value is -2.37. The topological polar surface area (TPSA) is 95.5 Å². The monoisotopic (exact) mass is 374 g/mol. The van der Waals surface area contributed by atoms with E-state index in [9.17, 15) is 19.5 Å². The van der Waals surface area contributed by atoms with Crippen LogP contribution in [0, 0.1) is 11.3 Å². The van der Waals surface area contributed by atoms with E-state index in [4.69, 9.17) is 0 Å². The number of benzene rings is 1. The number of nitrogens with one attached hydrogen (secondary N) is 2. The first kappa shape index (κ1) is 20.9. The summed E-state index contributed by atoms with van der Waals surface area (Å²) in [5, 5.41) is 15.0. The van der Waals surface area contributed by atoms with Crippen molar-refractivity contribution in [1.29, 1.82) is 0 Å². The van der Waals surface area contributed by atoms with Crippen molar-refractivity contribution in [2.45, 2.75) is 65.3 Å². The molecule has 1 aliphatic rings. The summed E-state index contributed by atoms with van der Waals surface area (Å²) in [6.45, 7) is 5.54. The predicted molar refractivity (Wildman–Crippen MR) is 105 cm³/mol. The number of anilines is 1. The number of rotatable bonds is 7. The van der Waals surface area contributed by atoms with Gasteiger partial charge in [-0.1, -0.05) is 19.3 Å². The van der Waals surface area contributed by atoms with Crippen molar-refractivity contribution < 1.29 is 19.5 Å². The van der Waals surface area contributed by atoms with Crippen molar-refractivity contribution in [1.82, 2.24) is 5.32 Å². The third kappa shape index (κ3) is 5.55. The maximum Gasteiger partial charge on any atom is 0.304 e. The Bertz CT molecular complexity index is 678. The van der Waals surface area contributed by atoms with E-state index in [-0.39, 0.29) is 30.2 Å². The zero-order valence-corrected chi connectivity index (χ0v) is 16.4. The van der Waals surface area contributed by atoms with Crippen molar-refractivity contribution >= 4 is 23.5 Å². The van der Waals surface area contributed by atoms with Crippen molar-refractivity contribution in [3.63, 3.8) is 0 Å². The molecule has 1 fully saturated rings. The Morgan fingerprint density at radius 2 is 1.70 bits per heavy atom. The highest BCUT2D eigenvalue weighted by Crippen LogP contribution is 2.42. The summed E-state index contributed by atoms with van der Waals surface area (Å²) < 4.78 is 0. The van der Waals surface area contributed by atoms with Crippen LogP contribution in [0.2, 0.25) is 0 Å². The molecule has 2 rings (SSSR count). The normalized spacial score (nSPS) is 17.2. The lowest BCUT2D eigenvalue weighted by Gasteiger charge is -2.37. The Morgan fingerprint density at radius 1 is 1.11 bits per heavy atom. The van der Waals surface area contributed by atoms with Gasteiger partial charge >= 0.3 is 5.97 Å². The number of carbonyl (C=O) groups excluding carboxylic acids is 2. The first-order valence-corrected chi connectivity index (χ1v) is 9.66. The highest BCUT2D eigenvalue weighted by molar-refractivity contribution is 5.98. The molecule has 1 saturated carbocycles. The molecule has 0 bridgehead atoms. The summed E-state index contributed by atoms with van der Waals surface area (Å²) in [7, 11) is 0. The van der Waals surface area contributed by atoms with E-state index in [0.717, 1.165) is 32.1 Å². The fourth-order valence-corrected chi connectivity index (χ4v) is 3.79. The fourth-order valence-electron chi connectivity index (χ4n) is 3.79. The minimum atomic E-state index is -0.959. The lowest BCUT2D eigenvalue weighted by Crippen LogP contribution is -2.42. The SMILES string of the molecule is CC(C)NC(=O)c1ccc(NC(=O)C(C)(CC(=O)O)C2CCCCC2)cc1. The second kappa shape index (κ2) is 9.02. The first-order valence-electron chi connectivity index (χ1n) is 9.66. The van der Waals surface area contributed by atoms with Crippen LogP contribution < -0.4 is 10.6 Å². The van der Waals surface area contributed by atoms with Crippen LogP contribution >= 0.6 is 0 Å². The van der Waals surface area contributed by atoms with Gasteiger partial charge in [-0.3, -0.25) is 14.4 Å². The van der Waals surface area contributed by atoms with Gasteiger partial charge in [-0.2, -0.15) is 0 Å². The molecule has 0 spiro atoms. The Kier molecular flexibility index (Phi) is 6.99. The highest BCUT2D eigenvalue weighted by Gasteiger charge is 2.43. The molecule has 6 nitrogen and oxygen atoms in total. The molecule has 1 atom stereocenters. The molecule has 148 valence electrons. The summed E-state index contributed by atoms with van der Waals surface area (Å²) in [6.07, 6.45) is 4.79.